The predicted molar refractivity (Wildman–Crippen MR) is 117 cm³/mol. The average Bonchev–Trinajstić information content (AvgIpc) is 3.27. The number of aromatic amines is 1. The van der Waals surface area contributed by atoms with E-state index < -0.39 is 91.4 Å². The number of aliphatic carboxylic acids is 3. The first-order chi connectivity index (χ1) is 16.8. The molecule has 4 atom stereocenters. The molecule has 198 valence electrons. The van der Waals surface area contributed by atoms with E-state index in [1.54, 1.807) is 0 Å². The number of hydrogen-bond acceptors (Lipinski definition) is 9. The SMILES string of the molecule is NC(=O)CC(NC(=O)C(N)CC(=O)O)C(=O)NC(CCC(=O)O)C(=O)NC(Cc1cnc[nH]1)C(=O)O. The van der Waals surface area contributed by atoms with Gasteiger partial charge < -0.3 is 47.7 Å². The molecule has 17 nitrogen and oxygen atoms in total. The summed E-state index contributed by atoms with van der Waals surface area (Å²) in [7, 11) is 0. The molecule has 0 saturated carbocycles. The summed E-state index contributed by atoms with van der Waals surface area (Å²) >= 11 is 0. The van der Waals surface area contributed by atoms with Gasteiger partial charge in [-0.3, -0.25) is 28.8 Å². The Bertz CT molecular complexity index is 981. The van der Waals surface area contributed by atoms with E-state index >= 15 is 0 Å². The fourth-order valence-corrected chi connectivity index (χ4v) is 2.87. The van der Waals surface area contributed by atoms with Gasteiger partial charge in [0.2, 0.25) is 23.6 Å². The Morgan fingerprint density at radius 2 is 1.44 bits per heavy atom. The van der Waals surface area contributed by atoms with Crippen LogP contribution in [-0.2, 0) is 40.0 Å². The van der Waals surface area contributed by atoms with E-state index in [4.69, 9.17) is 21.7 Å². The van der Waals surface area contributed by atoms with Crippen LogP contribution < -0.4 is 27.4 Å². The van der Waals surface area contributed by atoms with Crippen LogP contribution in [0.25, 0.3) is 0 Å². The highest BCUT2D eigenvalue weighted by Gasteiger charge is 2.32. The van der Waals surface area contributed by atoms with Gasteiger partial charge in [-0.2, -0.15) is 0 Å². The largest absolute Gasteiger partial charge is 0.481 e. The van der Waals surface area contributed by atoms with E-state index in [0.717, 1.165) is 0 Å². The lowest BCUT2D eigenvalue weighted by molar-refractivity contribution is -0.143. The molecule has 1 rings (SSSR count). The maximum Gasteiger partial charge on any atom is 0.326 e. The number of rotatable bonds is 16. The van der Waals surface area contributed by atoms with E-state index in [1.807, 2.05) is 0 Å². The Morgan fingerprint density at radius 3 is 1.94 bits per heavy atom. The van der Waals surface area contributed by atoms with Gasteiger partial charge in [0.05, 0.1) is 25.2 Å². The first-order valence-electron chi connectivity index (χ1n) is 10.4. The molecular weight excluding hydrogens is 486 g/mol. The molecule has 0 aliphatic heterocycles. The van der Waals surface area contributed by atoms with Crippen LogP contribution in [-0.4, -0.2) is 91.0 Å². The standard InChI is InChI=1S/C19H27N7O10/c20-9(4-15(30)31)16(32)25-11(5-13(21)27)18(34)24-10(1-2-14(28)29)17(33)26-12(19(35)36)3-8-6-22-7-23-8/h6-7,9-12H,1-5,20H2,(H2,21,27)(H,22,23)(H,24,34)(H,25,32)(H,26,33)(H,28,29)(H,30,31)(H,35,36). The second kappa shape index (κ2) is 14.0. The average molecular weight is 513 g/mol. The van der Waals surface area contributed by atoms with Gasteiger partial charge in [-0.15, -0.1) is 0 Å². The fourth-order valence-electron chi connectivity index (χ4n) is 2.87. The number of carbonyl (C=O) groups is 7. The van der Waals surface area contributed by atoms with E-state index in [1.165, 1.54) is 12.5 Å². The zero-order chi connectivity index (χ0) is 27.4. The number of carbonyl (C=O) groups excluding carboxylic acids is 4. The molecule has 1 heterocycles. The minimum Gasteiger partial charge on any atom is -0.481 e. The predicted octanol–water partition coefficient (Wildman–Crippen LogP) is -3.97. The molecule has 4 unspecified atom stereocenters. The second-order valence-corrected chi connectivity index (χ2v) is 7.61. The van der Waals surface area contributed by atoms with Crippen LogP contribution in [0.3, 0.4) is 0 Å². The number of hydrogen-bond donors (Lipinski definition) is 9. The van der Waals surface area contributed by atoms with Crippen LogP contribution >= 0.6 is 0 Å². The van der Waals surface area contributed by atoms with Crippen LogP contribution in [0.15, 0.2) is 12.5 Å². The van der Waals surface area contributed by atoms with E-state index in [2.05, 4.69) is 25.9 Å². The van der Waals surface area contributed by atoms with Gasteiger partial charge in [-0.05, 0) is 6.42 Å². The van der Waals surface area contributed by atoms with Gasteiger partial charge in [0.15, 0.2) is 0 Å². The first kappa shape index (κ1) is 29.5. The monoisotopic (exact) mass is 513 g/mol. The van der Waals surface area contributed by atoms with Crippen LogP contribution in [0.1, 0.15) is 31.4 Å². The number of primary amides is 1. The molecule has 11 N–H and O–H groups in total. The van der Waals surface area contributed by atoms with Gasteiger partial charge in [0.25, 0.3) is 0 Å². The summed E-state index contributed by atoms with van der Waals surface area (Å²) in [4.78, 5) is 88.7. The van der Waals surface area contributed by atoms with Crippen molar-refractivity contribution >= 4 is 41.5 Å². The fraction of sp³-hybridized carbons (Fsp3) is 0.474. The molecule has 4 amide bonds. The van der Waals surface area contributed by atoms with E-state index in [9.17, 15) is 38.7 Å². The van der Waals surface area contributed by atoms with Crippen molar-refractivity contribution in [1.82, 2.24) is 25.9 Å². The van der Waals surface area contributed by atoms with Gasteiger partial charge in [-0.25, -0.2) is 9.78 Å². The Kier molecular flexibility index (Phi) is 11.5. The smallest absolute Gasteiger partial charge is 0.326 e. The highest BCUT2D eigenvalue weighted by molar-refractivity contribution is 5.96. The summed E-state index contributed by atoms with van der Waals surface area (Å²) in [6, 6.07) is -6.32. The number of H-pyrrole nitrogens is 1. The summed E-state index contributed by atoms with van der Waals surface area (Å²) in [5, 5.41) is 33.5. The van der Waals surface area contributed by atoms with E-state index in [-0.39, 0.29) is 6.42 Å². The number of nitrogens with one attached hydrogen (secondary N) is 4. The summed E-state index contributed by atoms with van der Waals surface area (Å²) in [5.74, 6) is -8.49. The van der Waals surface area contributed by atoms with Crippen molar-refractivity contribution in [2.24, 2.45) is 11.5 Å². The molecule has 0 radical (unpaired) electrons. The summed E-state index contributed by atoms with van der Waals surface area (Å²) in [6.45, 7) is 0. The normalized spacial score (nSPS) is 13.9. The molecular formula is C19H27N7O10. The molecule has 0 spiro atoms. The number of nitrogens with two attached hydrogens (primary N) is 2. The lowest BCUT2D eigenvalue weighted by atomic mass is 10.1. The third kappa shape index (κ3) is 10.6. The second-order valence-electron chi connectivity index (χ2n) is 7.61. The number of imidazole rings is 1. The van der Waals surface area contributed by atoms with Gasteiger partial charge >= 0.3 is 17.9 Å². The number of amides is 4. The van der Waals surface area contributed by atoms with Gasteiger partial charge in [-0.1, -0.05) is 0 Å². The zero-order valence-electron chi connectivity index (χ0n) is 18.8. The molecule has 0 aliphatic rings. The Balaban J connectivity index is 3.02. The van der Waals surface area contributed by atoms with Crippen molar-refractivity contribution in [3.8, 4) is 0 Å². The highest BCUT2D eigenvalue weighted by atomic mass is 16.4. The molecule has 0 bridgehead atoms. The Hall–Kier alpha value is -4.54. The lowest BCUT2D eigenvalue weighted by Gasteiger charge is -2.24. The topological polar surface area (TPSA) is 297 Å². The quantitative estimate of drug-likeness (QED) is 0.102. The number of aromatic nitrogens is 2. The summed E-state index contributed by atoms with van der Waals surface area (Å²) in [5.41, 5.74) is 10.9. The van der Waals surface area contributed by atoms with Crippen molar-refractivity contribution in [2.75, 3.05) is 0 Å². The van der Waals surface area contributed by atoms with Crippen LogP contribution in [0.4, 0.5) is 0 Å². The molecule has 0 aliphatic carbocycles. The number of carboxylic acids is 3. The summed E-state index contributed by atoms with van der Waals surface area (Å²) in [6.07, 6.45) is -0.205. The highest BCUT2D eigenvalue weighted by Crippen LogP contribution is 2.05. The molecule has 1 aromatic heterocycles. The Morgan fingerprint density at radius 1 is 0.861 bits per heavy atom. The van der Waals surface area contributed by atoms with Gasteiger partial charge in [0.1, 0.15) is 18.1 Å². The van der Waals surface area contributed by atoms with Crippen molar-refractivity contribution in [3.63, 3.8) is 0 Å². The van der Waals surface area contributed by atoms with Crippen molar-refractivity contribution in [1.29, 1.82) is 0 Å². The van der Waals surface area contributed by atoms with Gasteiger partial charge in [0, 0.05) is 24.7 Å². The van der Waals surface area contributed by atoms with Crippen LogP contribution in [0.2, 0.25) is 0 Å². The third-order valence-corrected chi connectivity index (χ3v) is 4.64. The molecule has 1 aromatic rings. The third-order valence-electron chi connectivity index (χ3n) is 4.64. The molecule has 17 heteroatoms. The molecule has 0 fully saturated rings. The number of carboxylic acid groups (broad SMARTS) is 3. The maximum absolute atomic E-state index is 12.8. The van der Waals surface area contributed by atoms with Crippen LogP contribution in [0, 0.1) is 0 Å². The molecule has 0 aromatic carbocycles. The summed E-state index contributed by atoms with van der Waals surface area (Å²) < 4.78 is 0. The maximum atomic E-state index is 12.8. The zero-order valence-corrected chi connectivity index (χ0v) is 18.8. The minimum absolute atomic E-state index is 0.206. The van der Waals surface area contributed by atoms with Crippen molar-refractivity contribution in [2.45, 2.75) is 56.3 Å². The Labute approximate surface area is 203 Å². The van der Waals surface area contributed by atoms with Crippen molar-refractivity contribution < 1.29 is 48.9 Å². The first-order valence-corrected chi connectivity index (χ1v) is 10.4. The van der Waals surface area contributed by atoms with Crippen molar-refractivity contribution in [3.05, 3.63) is 18.2 Å². The van der Waals surface area contributed by atoms with E-state index in [0.29, 0.717) is 5.69 Å². The minimum atomic E-state index is -1.68. The molecule has 36 heavy (non-hydrogen) atoms. The lowest BCUT2D eigenvalue weighted by Crippen LogP contribution is -2.58. The molecule has 0 saturated heterocycles. The van der Waals surface area contributed by atoms with Crippen LogP contribution in [0.5, 0.6) is 0 Å². The number of nitrogens with zero attached hydrogens (tertiary/aromatic N) is 1.